The highest BCUT2D eigenvalue weighted by atomic mass is 16.3. The predicted octanol–water partition coefficient (Wildman–Crippen LogP) is 1.28. The number of hydrogen-bond acceptors (Lipinski definition) is 7. The number of rotatable bonds is 1. The van der Waals surface area contributed by atoms with Crippen molar-refractivity contribution < 1.29 is 15.3 Å². The van der Waals surface area contributed by atoms with Gasteiger partial charge in [-0.05, 0) is 49.7 Å². The molecule has 0 aromatic heterocycles. The van der Waals surface area contributed by atoms with Crippen molar-refractivity contribution in [3.8, 4) is 28.4 Å². The summed E-state index contributed by atoms with van der Waals surface area (Å²) in [5.74, 6) is -0.997. The molecule has 0 radical (unpaired) electrons. The maximum Gasteiger partial charge on any atom is 0.198 e. The SMILES string of the molecule is Cc1cc(O)c2c(O)ccc(O)c2c1-c1c(C)c(=O)c2c(=O)ccc(=O)c=2c1=O. The van der Waals surface area contributed by atoms with Crippen LogP contribution in [0.2, 0.25) is 0 Å². The quantitative estimate of drug-likeness (QED) is 0.418. The van der Waals surface area contributed by atoms with Crippen LogP contribution in [0.1, 0.15) is 11.1 Å². The van der Waals surface area contributed by atoms with Crippen LogP contribution < -0.4 is 21.7 Å². The van der Waals surface area contributed by atoms with E-state index >= 15 is 0 Å². The first-order valence-electron chi connectivity index (χ1n) is 8.64. The van der Waals surface area contributed by atoms with Gasteiger partial charge in [-0.15, -0.1) is 0 Å². The van der Waals surface area contributed by atoms with Gasteiger partial charge < -0.3 is 15.3 Å². The molecular weight excluding hydrogens is 376 g/mol. The normalized spacial score (nSPS) is 11.4. The molecule has 2 aliphatic rings. The smallest absolute Gasteiger partial charge is 0.198 e. The third-order valence-electron chi connectivity index (χ3n) is 5.19. The zero-order chi connectivity index (χ0) is 21.2. The molecule has 0 saturated carbocycles. The molecule has 2 aromatic rings. The lowest BCUT2D eigenvalue weighted by Crippen LogP contribution is -2.30. The largest absolute Gasteiger partial charge is 0.507 e. The van der Waals surface area contributed by atoms with Gasteiger partial charge in [-0.1, -0.05) is 0 Å². The second kappa shape index (κ2) is 6.00. The molecule has 7 nitrogen and oxygen atoms in total. The molecule has 29 heavy (non-hydrogen) atoms. The summed E-state index contributed by atoms with van der Waals surface area (Å²) in [5, 5.41) is 29.8. The Morgan fingerprint density at radius 3 is 1.72 bits per heavy atom. The van der Waals surface area contributed by atoms with Gasteiger partial charge in [-0.3, -0.25) is 19.2 Å². The molecule has 2 aromatic carbocycles. The van der Waals surface area contributed by atoms with E-state index in [9.17, 15) is 34.5 Å². The van der Waals surface area contributed by atoms with Crippen LogP contribution in [0, 0.1) is 24.3 Å². The summed E-state index contributed by atoms with van der Waals surface area (Å²) in [6, 6.07) is 5.55. The Kier molecular flexibility index (Phi) is 3.80. The minimum Gasteiger partial charge on any atom is -0.507 e. The van der Waals surface area contributed by atoms with Crippen molar-refractivity contribution in [3.05, 3.63) is 92.8 Å². The second-order valence-electron chi connectivity index (χ2n) is 6.91. The number of benzene rings is 2. The number of aryl methyl sites for hydroxylation is 1. The molecule has 3 N–H and O–H groups in total. The molecule has 7 heteroatoms. The topological polar surface area (TPSA) is 129 Å². The summed E-state index contributed by atoms with van der Waals surface area (Å²) in [7, 11) is 0. The lowest BCUT2D eigenvalue weighted by molar-refractivity contribution is 0.457. The molecule has 4 rings (SSSR count). The molecule has 0 fully saturated rings. The molecule has 2 aliphatic carbocycles. The summed E-state index contributed by atoms with van der Waals surface area (Å²) in [4.78, 5) is 50.6. The minimum atomic E-state index is -0.822. The van der Waals surface area contributed by atoms with E-state index in [-0.39, 0.29) is 44.7 Å². The van der Waals surface area contributed by atoms with Gasteiger partial charge in [0.05, 0.1) is 15.8 Å². The number of phenols is 3. The fourth-order valence-electron chi connectivity index (χ4n) is 3.87. The number of aromatic hydroxyl groups is 3. The van der Waals surface area contributed by atoms with Crippen LogP contribution in [0.4, 0.5) is 0 Å². The molecular formula is C22H14O7. The van der Waals surface area contributed by atoms with E-state index < -0.39 is 32.2 Å². The Morgan fingerprint density at radius 1 is 0.621 bits per heavy atom. The average Bonchev–Trinajstić information content (AvgIpc) is 2.66. The van der Waals surface area contributed by atoms with Gasteiger partial charge in [0.15, 0.2) is 21.7 Å². The Balaban J connectivity index is 2.41. The van der Waals surface area contributed by atoms with Crippen molar-refractivity contribution in [2.75, 3.05) is 0 Å². The van der Waals surface area contributed by atoms with Gasteiger partial charge in [0.25, 0.3) is 0 Å². The molecule has 0 aliphatic heterocycles. The third-order valence-corrected chi connectivity index (χ3v) is 5.19. The summed E-state index contributed by atoms with van der Waals surface area (Å²) >= 11 is 0. The summed E-state index contributed by atoms with van der Waals surface area (Å²) in [5.41, 5.74) is -2.84. The van der Waals surface area contributed by atoms with E-state index in [0.29, 0.717) is 5.56 Å². The minimum absolute atomic E-state index is 0.0350. The fraction of sp³-hybridized carbons (Fsp3) is 0.0909. The molecule has 0 amide bonds. The van der Waals surface area contributed by atoms with Crippen LogP contribution >= 0.6 is 0 Å². The molecule has 0 atom stereocenters. The van der Waals surface area contributed by atoms with Crippen LogP contribution in [0.3, 0.4) is 0 Å². The van der Waals surface area contributed by atoms with Crippen molar-refractivity contribution in [3.63, 3.8) is 0 Å². The maximum atomic E-state index is 13.3. The molecule has 0 saturated heterocycles. The van der Waals surface area contributed by atoms with Gasteiger partial charge in [0.1, 0.15) is 17.2 Å². The van der Waals surface area contributed by atoms with Crippen molar-refractivity contribution in [2.24, 2.45) is 0 Å². The highest BCUT2D eigenvalue weighted by Crippen LogP contribution is 2.44. The van der Waals surface area contributed by atoms with Crippen molar-refractivity contribution in [2.45, 2.75) is 13.8 Å². The highest BCUT2D eigenvalue weighted by Gasteiger charge is 2.23. The Labute approximate surface area is 161 Å². The number of fused-ring (bicyclic) bond motifs is 1. The summed E-state index contributed by atoms with van der Waals surface area (Å²) in [6.07, 6.45) is 0. The van der Waals surface area contributed by atoms with Gasteiger partial charge >= 0.3 is 0 Å². The van der Waals surface area contributed by atoms with Crippen LogP contribution in [-0.2, 0) is 0 Å². The van der Waals surface area contributed by atoms with Crippen molar-refractivity contribution >= 4 is 10.8 Å². The van der Waals surface area contributed by atoms with Gasteiger partial charge in [-0.2, -0.15) is 0 Å². The second-order valence-corrected chi connectivity index (χ2v) is 6.91. The first kappa shape index (κ1) is 18.4. The standard InChI is InChI=1S/C22H14O7/c1-8-7-14(27)17-10(23)3-4-11(24)18(17)15(8)16-9(2)21(28)19-12(25)5-6-13(26)20(19)22(16)29/h3-7,23-24,27H,1-2H3. The Morgan fingerprint density at radius 2 is 1.14 bits per heavy atom. The maximum absolute atomic E-state index is 13.3. The first-order valence-corrected chi connectivity index (χ1v) is 8.64. The van der Waals surface area contributed by atoms with Crippen molar-refractivity contribution in [1.82, 2.24) is 0 Å². The molecule has 0 unspecified atom stereocenters. The summed E-state index contributed by atoms with van der Waals surface area (Å²) in [6.45, 7) is 2.90. The van der Waals surface area contributed by atoms with E-state index in [1.54, 1.807) is 6.92 Å². The number of phenolic OH excluding ortho intramolecular Hbond substituents is 3. The van der Waals surface area contributed by atoms with Gasteiger partial charge in [0, 0.05) is 22.1 Å². The monoisotopic (exact) mass is 390 g/mol. The zero-order valence-corrected chi connectivity index (χ0v) is 15.4. The molecule has 0 heterocycles. The highest BCUT2D eigenvalue weighted by molar-refractivity contribution is 6.08. The van der Waals surface area contributed by atoms with E-state index in [1.165, 1.54) is 25.1 Å². The average molecular weight is 390 g/mol. The van der Waals surface area contributed by atoms with E-state index in [4.69, 9.17) is 0 Å². The number of hydrogen-bond donors (Lipinski definition) is 3. The third kappa shape index (κ3) is 2.37. The van der Waals surface area contributed by atoms with Crippen molar-refractivity contribution in [1.29, 1.82) is 0 Å². The Bertz CT molecular complexity index is 1620. The Hall–Kier alpha value is -4.00. The molecule has 144 valence electrons. The van der Waals surface area contributed by atoms with E-state index in [0.717, 1.165) is 12.1 Å². The van der Waals surface area contributed by atoms with Crippen LogP contribution in [0.15, 0.2) is 49.5 Å². The zero-order valence-electron chi connectivity index (χ0n) is 15.4. The molecule has 0 spiro atoms. The predicted molar refractivity (Wildman–Crippen MR) is 107 cm³/mol. The van der Waals surface area contributed by atoms with Crippen LogP contribution in [0.5, 0.6) is 17.2 Å². The van der Waals surface area contributed by atoms with Gasteiger partial charge in [-0.25, -0.2) is 0 Å². The lowest BCUT2D eigenvalue weighted by Gasteiger charge is -2.15. The summed E-state index contributed by atoms with van der Waals surface area (Å²) < 4.78 is 0. The molecule has 0 bridgehead atoms. The van der Waals surface area contributed by atoms with Crippen LogP contribution in [-0.4, -0.2) is 15.3 Å². The fourth-order valence-corrected chi connectivity index (χ4v) is 3.87. The lowest BCUT2D eigenvalue weighted by atomic mass is 9.88. The van der Waals surface area contributed by atoms with Crippen LogP contribution in [0.25, 0.3) is 21.9 Å². The first-order chi connectivity index (χ1) is 13.6. The van der Waals surface area contributed by atoms with Gasteiger partial charge in [0.2, 0.25) is 0 Å². The van der Waals surface area contributed by atoms with E-state index in [1.807, 2.05) is 0 Å². The van der Waals surface area contributed by atoms with E-state index in [2.05, 4.69) is 0 Å².